The SMILES string of the molecule is CN(C)CCn1c(=O)oc2ccc(NC(=O)c3ccccc3-c3ncc(-c4ccccc4F)o3)cc21. The van der Waals surface area contributed by atoms with E-state index in [9.17, 15) is 14.0 Å². The van der Waals surface area contributed by atoms with Crippen LogP contribution in [0.15, 0.2) is 86.6 Å². The van der Waals surface area contributed by atoms with Crippen molar-refractivity contribution >= 4 is 22.7 Å². The molecular weight excluding hydrogens is 463 g/mol. The van der Waals surface area contributed by atoms with Gasteiger partial charge in [0, 0.05) is 24.3 Å². The van der Waals surface area contributed by atoms with E-state index in [1.54, 1.807) is 60.7 Å². The zero-order valence-corrected chi connectivity index (χ0v) is 19.7. The molecule has 36 heavy (non-hydrogen) atoms. The van der Waals surface area contributed by atoms with Crippen molar-refractivity contribution < 1.29 is 18.0 Å². The minimum Gasteiger partial charge on any atom is -0.436 e. The number of fused-ring (bicyclic) bond motifs is 1. The molecule has 0 saturated heterocycles. The van der Waals surface area contributed by atoms with Crippen LogP contribution >= 0.6 is 0 Å². The van der Waals surface area contributed by atoms with Gasteiger partial charge in [-0.3, -0.25) is 9.36 Å². The molecule has 3 aromatic carbocycles. The fourth-order valence-electron chi connectivity index (χ4n) is 3.90. The number of carbonyl (C=O) groups is 1. The first kappa shape index (κ1) is 23.3. The maximum Gasteiger partial charge on any atom is 0.419 e. The van der Waals surface area contributed by atoms with Crippen molar-refractivity contribution in [1.29, 1.82) is 0 Å². The highest BCUT2D eigenvalue weighted by Crippen LogP contribution is 2.30. The molecule has 182 valence electrons. The number of likely N-dealkylation sites (N-methyl/N-ethyl adjacent to an activating group) is 1. The van der Waals surface area contributed by atoms with Crippen LogP contribution in [0.1, 0.15) is 10.4 Å². The maximum absolute atomic E-state index is 14.2. The van der Waals surface area contributed by atoms with E-state index >= 15 is 0 Å². The molecule has 0 aliphatic heterocycles. The summed E-state index contributed by atoms with van der Waals surface area (Å²) in [5.41, 5.74) is 2.61. The predicted molar refractivity (Wildman–Crippen MR) is 134 cm³/mol. The standard InChI is InChI=1S/C27H23FN4O4/c1-31(2)13-14-32-22-15-17(11-12-23(22)36-27(32)34)30-25(33)18-7-3-4-8-19(18)26-29-16-24(35-26)20-9-5-6-10-21(20)28/h3-12,15-16H,13-14H2,1-2H3,(H,30,33). The molecule has 0 radical (unpaired) electrons. The fourth-order valence-corrected chi connectivity index (χ4v) is 3.90. The van der Waals surface area contributed by atoms with Crippen LogP contribution in [0.4, 0.5) is 10.1 Å². The fraction of sp³-hybridized carbons (Fsp3) is 0.148. The monoisotopic (exact) mass is 486 g/mol. The normalized spacial score (nSPS) is 11.3. The van der Waals surface area contributed by atoms with E-state index in [2.05, 4.69) is 10.3 Å². The van der Waals surface area contributed by atoms with Gasteiger partial charge >= 0.3 is 5.76 Å². The quantitative estimate of drug-likeness (QED) is 0.353. The molecule has 0 aliphatic carbocycles. The van der Waals surface area contributed by atoms with Crippen molar-refractivity contribution in [2.75, 3.05) is 26.0 Å². The third-order valence-electron chi connectivity index (χ3n) is 5.74. The average Bonchev–Trinajstić information content (AvgIpc) is 3.47. The smallest absolute Gasteiger partial charge is 0.419 e. The first-order valence-electron chi connectivity index (χ1n) is 11.3. The van der Waals surface area contributed by atoms with E-state index in [-0.39, 0.29) is 23.1 Å². The summed E-state index contributed by atoms with van der Waals surface area (Å²) in [4.78, 5) is 31.8. The number of rotatable bonds is 7. The van der Waals surface area contributed by atoms with Crippen LogP contribution in [0.3, 0.4) is 0 Å². The molecule has 0 saturated carbocycles. The van der Waals surface area contributed by atoms with Gasteiger partial charge in [0.25, 0.3) is 5.91 Å². The zero-order chi connectivity index (χ0) is 25.2. The minimum absolute atomic E-state index is 0.196. The van der Waals surface area contributed by atoms with Gasteiger partial charge in [-0.25, -0.2) is 14.2 Å². The lowest BCUT2D eigenvalue weighted by Crippen LogP contribution is -2.23. The predicted octanol–water partition coefficient (Wildman–Crippen LogP) is 4.87. The van der Waals surface area contributed by atoms with E-state index in [0.717, 1.165) is 0 Å². The van der Waals surface area contributed by atoms with Crippen LogP contribution in [-0.2, 0) is 6.54 Å². The zero-order valence-electron chi connectivity index (χ0n) is 19.7. The summed E-state index contributed by atoms with van der Waals surface area (Å²) < 4.78 is 26.9. The first-order valence-corrected chi connectivity index (χ1v) is 11.3. The second kappa shape index (κ2) is 9.63. The third-order valence-corrected chi connectivity index (χ3v) is 5.74. The molecule has 1 amide bonds. The van der Waals surface area contributed by atoms with Gasteiger partial charge in [-0.1, -0.05) is 24.3 Å². The van der Waals surface area contributed by atoms with Gasteiger partial charge in [0.15, 0.2) is 11.3 Å². The molecular formula is C27H23FN4O4. The maximum atomic E-state index is 14.2. The number of carbonyl (C=O) groups excluding carboxylic acids is 1. The van der Waals surface area contributed by atoms with E-state index in [4.69, 9.17) is 8.83 Å². The van der Waals surface area contributed by atoms with Crippen LogP contribution in [0.5, 0.6) is 0 Å². The number of nitrogens with zero attached hydrogens (tertiary/aromatic N) is 3. The summed E-state index contributed by atoms with van der Waals surface area (Å²) in [6.45, 7) is 1.11. The van der Waals surface area contributed by atoms with Crippen molar-refractivity contribution in [2.45, 2.75) is 6.54 Å². The summed E-state index contributed by atoms with van der Waals surface area (Å²) in [6, 6.07) is 18.1. The second-order valence-electron chi connectivity index (χ2n) is 8.51. The molecule has 0 unspecified atom stereocenters. The molecule has 0 atom stereocenters. The molecule has 9 heteroatoms. The van der Waals surface area contributed by atoms with Crippen LogP contribution < -0.4 is 11.1 Å². The molecule has 0 bridgehead atoms. The molecule has 5 rings (SSSR count). The Morgan fingerprint density at radius 2 is 1.78 bits per heavy atom. The highest BCUT2D eigenvalue weighted by molar-refractivity contribution is 6.08. The first-order chi connectivity index (χ1) is 17.4. The van der Waals surface area contributed by atoms with E-state index in [1.165, 1.54) is 16.8 Å². The lowest BCUT2D eigenvalue weighted by atomic mass is 10.1. The van der Waals surface area contributed by atoms with Gasteiger partial charge in [0.05, 0.1) is 22.8 Å². The number of benzene rings is 3. The molecule has 8 nitrogen and oxygen atoms in total. The summed E-state index contributed by atoms with van der Waals surface area (Å²) in [5.74, 6) is -0.803. The Balaban J connectivity index is 1.44. The number of halogens is 1. The lowest BCUT2D eigenvalue weighted by Gasteiger charge is -2.10. The number of nitrogens with one attached hydrogen (secondary N) is 1. The van der Waals surface area contributed by atoms with Crippen molar-refractivity contribution in [2.24, 2.45) is 0 Å². The van der Waals surface area contributed by atoms with E-state index in [0.29, 0.717) is 41.0 Å². The number of amides is 1. The van der Waals surface area contributed by atoms with E-state index in [1.807, 2.05) is 19.0 Å². The number of aromatic nitrogens is 2. The summed E-state index contributed by atoms with van der Waals surface area (Å²) in [7, 11) is 3.84. The summed E-state index contributed by atoms with van der Waals surface area (Å²) in [5, 5.41) is 2.87. The Hall–Kier alpha value is -4.50. The molecule has 1 N–H and O–H groups in total. The molecule has 5 aromatic rings. The summed E-state index contributed by atoms with van der Waals surface area (Å²) in [6.07, 6.45) is 1.43. The Kier molecular flexibility index (Phi) is 6.22. The average molecular weight is 487 g/mol. The van der Waals surface area contributed by atoms with E-state index < -0.39 is 11.6 Å². The Morgan fingerprint density at radius 1 is 1.03 bits per heavy atom. The summed E-state index contributed by atoms with van der Waals surface area (Å²) >= 11 is 0. The molecule has 0 spiro atoms. The highest BCUT2D eigenvalue weighted by Gasteiger charge is 2.19. The number of anilines is 1. The Morgan fingerprint density at radius 3 is 2.56 bits per heavy atom. The van der Waals surface area contributed by atoms with Gasteiger partial charge < -0.3 is 19.1 Å². The van der Waals surface area contributed by atoms with Crippen LogP contribution in [-0.4, -0.2) is 41.0 Å². The van der Waals surface area contributed by atoms with Crippen molar-refractivity contribution in [3.05, 3.63) is 94.9 Å². The van der Waals surface area contributed by atoms with Crippen molar-refractivity contribution in [3.8, 4) is 22.8 Å². The second-order valence-corrected chi connectivity index (χ2v) is 8.51. The minimum atomic E-state index is -0.449. The third kappa shape index (κ3) is 4.56. The van der Waals surface area contributed by atoms with Crippen LogP contribution in [0.2, 0.25) is 0 Å². The topological polar surface area (TPSA) is 93.5 Å². The number of hydrogen-bond acceptors (Lipinski definition) is 6. The molecule has 0 aliphatic rings. The Bertz CT molecular complexity index is 1620. The molecule has 0 fully saturated rings. The van der Waals surface area contributed by atoms with Crippen molar-refractivity contribution in [1.82, 2.24) is 14.5 Å². The molecule has 2 heterocycles. The van der Waals surface area contributed by atoms with Crippen molar-refractivity contribution in [3.63, 3.8) is 0 Å². The number of hydrogen-bond donors (Lipinski definition) is 1. The molecule has 2 aromatic heterocycles. The highest BCUT2D eigenvalue weighted by atomic mass is 19.1. The van der Waals surface area contributed by atoms with Crippen LogP contribution in [0.25, 0.3) is 33.9 Å². The van der Waals surface area contributed by atoms with Gasteiger partial charge in [-0.05, 0) is 56.6 Å². The van der Waals surface area contributed by atoms with Gasteiger partial charge in [0.2, 0.25) is 5.89 Å². The number of oxazole rings is 2. The van der Waals surface area contributed by atoms with Gasteiger partial charge in [-0.2, -0.15) is 0 Å². The largest absolute Gasteiger partial charge is 0.436 e. The van der Waals surface area contributed by atoms with Crippen LogP contribution in [0, 0.1) is 5.82 Å². The lowest BCUT2D eigenvalue weighted by molar-refractivity contribution is 0.102. The van der Waals surface area contributed by atoms with Gasteiger partial charge in [-0.15, -0.1) is 0 Å². The Labute approximate surface area is 205 Å². The van der Waals surface area contributed by atoms with Gasteiger partial charge in [0.1, 0.15) is 5.82 Å².